The summed E-state index contributed by atoms with van der Waals surface area (Å²) < 4.78 is 3.90. The van der Waals surface area contributed by atoms with E-state index in [1.807, 2.05) is 18.5 Å². The normalized spacial score (nSPS) is 12.6. The van der Waals surface area contributed by atoms with Gasteiger partial charge >= 0.3 is 0 Å². The minimum Gasteiger partial charge on any atom is -0.312 e. The second-order valence-corrected chi connectivity index (χ2v) is 4.31. The van der Waals surface area contributed by atoms with Crippen LogP contribution in [-0.2, 0) is 6.42 Å². The molecular weight excluding hydrogens is 218 g/mol. The van der Waals surface area contributed by atoms with Gasteiger partial charge in [-0.1, -0.05) is 34.8 Å². The van der Waals surface area contributed by atoms with E-state index in [4.69, 9.17) is 0 Å². The first-order chi connectivity index (χ1) is 7.90. The van der Waals surface area contributed by atoms with Crippen LogP contribution >= 0.6 is 11.5 Å². The second kappa shape index (κ2) is 5.72. The summed E-state index contributed by atoms with van der Waals surface area (Å²) in [6.07, 6.45) is 2.11. The van der Waals surface area contributed by atoms with E-state index in [0.717, 1.165) is 18.5 Å². The Morgan fingerprint density at radius 3 is 2.75 bits per heavy atom. The third-order valence-electron chi connectivity index (χ3n) is 2.65. The van der Waals surface area contributed by atoms with Crippen molar-refractivity contribution in [3.05, 3.63) is 47.0 Å². The number of hydrogen-bond acceptors (Lipinski definition) is 4. The maximum absolute atomic E-state index is 4.11. The lowest BCUT2D eigenvalue weighted by Gasteiger charge is -2.12. The van der Waals surface area contributed by atoms with Crippen molar-refractivity contribution in [2.75, 3.05) is 7.05 Å². The lowest BCUT2D eigenvalue weighted by Crippen LogP contribution is -2.17. The SMILES string of the molecule is CNC(CCc1ccccc1)c1csnn1. The molecule has 1 unspecified atom stereocenters. The van der Waals surface area contributed by atoms with Crippen LogP contribution < -0.4 is 5.32 Å². The van der Waals surface area contributed by atoms with E-state index >= 15 is 0 Å². The molecule has 0 spiro atoms. The first-order valence-electron chi connectivity index (χ1n) is 5.38. The number of hydrogen-bond donors (Lipinski definition) is 1. The smallest absolute Gasteiger partial charge is 0.0924 e. The van der Waals surface area contributed by atoms with E-state index in [1.165, 1.54) is 17.1 Å². The number of benzene rings is 1. The van der Waals surface area contributed by atoms with Crippen LogP contribution in [0.1, 0.15) is 23.7 Å². The average Bonchev–Trinajstić information content (AvgIpc) is 2.85. The van der Waals surface area contributed by atoms with Gasteiger partial charge in [-0.05, 0) is 37.0 Å². The molecule has 0 radical (unpaired) electrons. The van der Waals surface area contributed by atoms with Crippen molar-refractivity contribution in [2.24, 2.45) is 0 Å². The molecule has 1 heterocycles. The molecule has 2 rings (SSSR count). The van der Waals surface area contributed by atoms with Crippen LogP contribution in [0, 0.1) is 0 Å². The van der Waals surface area contributed by atoms with Crippen molar-refractivity contribution in [1.29, 1.82) is 0 Å². The van der Waals surface area contributed by atoms with E-state index < -0.39 is 0 Å². The van der Waals surface area contributed by atoms with Crippen LogP contribution in [0.4, 0.5) is 0 Å². The predicted octanol–water partition coefficient (Wildman–Crippen LogP) is 2.43. The first-order valence-corrected chi connectivity index (χ1v) is 6.22. The number of aromatic nitrogens is 2. The molecule has 1 N–H and O–H groups in total. The third-order valence-corrected chi connectivity index (χ3v) is 3.17. The van der Waals surface area contributed by atoms with E-state index in [0.29, 0.717) is 6.04 Å². The number of nitrogens with zero attached hydrogens (tertiary/aromatic N) is 2. The lowest BCUT2D eigenvalue weighted by molar-refractivity contribution is 0.534. The standard InChI is InChI=1S/C12H15N3S/c1-13-11(12-9-16-15-14-12)8-7-10-5-3-2-4-6-10/h2-6,9,11,13H,7-8H2,1H3. The van der Waals surface area contributed by atoms with E-state index in [9.17, 15) is 0 Å². The van der Waals surface area contributed by atoms with Gasteiger partial charge in [0.05, 0.1) is 11.7 Å². The Morgan fingerprint density at radius 1 is 1.31 bits per heavy atom. The maximum Gasteiger partial charge on any atom is 0.0924 e. The Hall–Kier alpha value is -1.26. The first kappa shape index (κ1) is 11.2. The Balaban J connectivity index is 1.94. The predicted molar refractivity (Wildman–Crippen MR) is 66.5 cm³/mol. The molecule has 0 bridgehead atoms. The summed E-state index contributed by atoms with van der Waals surface area (Å²) in [6, 6.07) is 10.8. The largest absolute Gasteiger partial charge is 0.312 e. The summed E-state index contributed by atoms with van der Waals surface area (Å²) in [5, 5.41) is 9.39. The summed E-state index contributed by atoms with van der Waals surface area (Å²) in [5.41, 5.74) is 2.41. The Bertz CT molecular complexity index is 399. The molecule has 0 aliphatic carbocycles. The molecular formula is C12H15N3S. The summed E-state index contributed by atoms with van der Waals surface area (Å²) in [4.78, 5) is 0. The summed E-state index contributed by atoms with van der Waals surface area (Å²) in [7, 11) is 1.97. The zero-order valence-corrected chi connectivity index (χ0v) is 10.1. The molecule has 0 aliphatic rings. The van der Waals surface area contributed by atoms with E-state index in [-0.39, 0.29) is 0 Å². The quantitative estimate of drug-likeness (QED) is 0.862. The summed E-state index contributed by atoms with van der Waals surface area (Å²) >= 11 is 1.40. The van der Waals surface area contributed by atoms with E-state index in [1.54, 1.807) is 0 Å². The zero-order chi connectivity index (χ0) is 11.2. The topological polar surface area (TPSA) is 37.8 Å². The van der Waals surface area contributed by atoms with Gasteiger partial charge in [-0.3, -0.25) is 0 Å². The van der Waals surface area contributed by atoms with Gasteiger partial charge in [-0.2, -0.15) is 0 Å². The highest BCUT2D eigenvalue weighted by Crippen LogP contribution is 2.17. The molecule has 84 valence electrons. The van der Waals surface area contributed by atoms with Crippen molar-refractivity contribution in [3.63, 3.8) is 0 Å². The fourth-order valence-corrected chi connectivity index (χ4v) is 2.23. The van der Waals surface area contributed by atoms with Crippen LogP contribution in [-0.4, -0.2) is 16.6 Å². The Labute approximate surface area is 99.7 Å². The number of aryl methyl sites for hydroxylation is 1. The average molecular weight is 233 g/mol. The highest BCUT2D eigenvalue weighted by Gasteiger charge is 2.11. The van der Waals surface area contributed by atoms with Gasteiger partial charge < -0.3 is 5.32 Å². The molecule has 1 aromatic heterocycles. The second-order valence-electron chi connectivity index (χ2n) is 3.70. The van der Waals surface area contributed by atoms with Crippen LogP contribution in [0.5, 0.6) is 0 Å². The molecule has 0 aliphatic heterocycles. The monoisotopic (exact) mass is 233 g/mol. The molecule has 2 aromatic rings. The molecule has 0 saturated carbocycles. The molecule has 0 fully saturated rings. The Kier molecular flexibility index (Phi) is 4.02. The van der Waals surface area contributed by atoms with Gasteiger partial charge in [0.2, 0.25) is 0 Å². The summed E-state index contributed by atoms with van der Waals surface area (Å²) in [6.45, 7) is 0. The van der Waals surface area contributed by atoms with E-state index in [2.05, 4.69) is 39.2 Å². The number of nitrogens with one attached hydrogen (secondary N) is 1. The van der Waals surface area contributed by atoms with Crippen LogP contribution in [0.15, 0.2) is 35.7 Å². The van der Waals surface area contributed by atoms with Gasteiger partial charge in [-0.15, -0.1) is 5.10 Å². The highest BCUT2D eigenvalue weighted by molar-refractivity contribution is 7.03. The molecule has 3 nitrogen and oxygen atoms in total. The highest BCUT2D eigenvalue weighted by atomic mass is 32.1. The summed E-state index contributed by atoms with van der Waals surface area (Å²) in [5.74, 6) is 0. The maximum atomic E-state index is 4.11. The number of rotatable bonds is 5. The van der Waals surface area contributed by atoms with Gasteiger partial charge in [0.25, 0.3) is 0 Å². The molecule has 16 heavy (non-hydrogen) atoms. The van der Waals surface area contributed by atoms with Gasteiger partial charge in [0.1, 0.15) is 0 Å². The molecule has 1 aromatic carbocycles. The van der Waals surface area contributed by atoms with Crippen molar-refractivity contribution in [3.8, 4) is 0 Å². The minimum atomic E-state index is 0.305. The molecule has 0 amide bonds. The van der Waals surface area contributed by atoms with Crippen LogP contribution in [0.2, 0.25) is 0 Å². The Morgan fingerprint density at radius 2 is 2.12 bits per heavy atom. The minimum absolute atomic E-state index is 0.305. The van der Waals surface area contributed by atoms with Gasteiger partial charge in [-0.25, -0.2) is 0 Å². The third kappa shape index (κ3) is 2.87. The van der Waals surface area contributed by atoms with Crippen molar-refractivity contribution >= 4 is 11.5 Å². The van der Waals surface area contributed by atoms with Gasteiger partial charge in [0, 0.05) is 5.38 Å². The van der Waals surface area contributed by atoms with Gasteiger partial charge in [0.15, 0.2) is 0 Å². The fraction of sp³-hybridized carbons (Fsp3) is 0.333. The fourth-order valence-electron chi connectivity index (χ4n) is 1.72. The molecule has 0 saturated heterocycles. The van der Waals surface area contributed by atoms with Crippen molar-refractivity contribution < 1.29 is 0 Å². The van der Waals surface area contributed by atoms with Crippen LogP contribution in [0.25, 0.3) is 0 Å². The van der Waals surface area contributed by atoms with Crippen molar-refractivity contribution in [2.45, 2.75) is 18.9 Å². The van der Waals surface area contributed by atoms with Crippen LogP contribution in [0.3, 0.4) is 0 Å². The molecule has 1 atom stereocenters. The molecule has 4 heteroatoms. The lowest BCUT2D eigenvalue weighted by atomic mass is 10.0. The van der Waals surface area contributed by atoms with Crippen molar-refractivity contribution in [1.82, 2.24) is 14.9 Å². The zero-order valence-electron chi connectivity index (χ0n) is 9.26.